The van der Waals surface area contributed by atoms with Crippen molar-refractivity contribution in [2.75, 3.05) is 5.32 Å². The third-order valence-corrected chi connectivity index (χ3v) is 2.14. The Balaban J connectivity index is 0.000000845. The van der Waals surface area contributed by atoms with E-state index in [-0.39, 0.29) is 17.0 Å². The summed E-state index contributed by atoms with van der Waals surface area (Å²) in [6, 6.07) is 5.66. The molecule has 1 aromatic rings. The van der Waals surface area contributed by atoms with Gasteiger partial charge < -0.3 is 11.1 Å². The summed E-state index contributed by atoms with van der Waals surface area (Å²) in [5, 5.41) is 3.68. The molecule has 5 heteroatoms. The molecule has 0 spiro atoms. The summed E-state index contributed by atoms with van der Waals surface area (Å²) >= 11 is 5.94. The number of nitrogens with two attached hydrogens (primary N) is 1. The summed E-state index contributed by atoms with van der Waals surface area (Å²) in [5.74, 6) is 0.449. The lowest BCUT2D eigenvalue weighted by molar-refractivity contribution is 1.04. The highest BCUT2D eigenvalue weighted by atomic mass is 79.9. The number of fused-ring (bicyclic) bond motifs is 1. The molecule has 1 aliphatic rings. The van der Waals surface area contributed by atoms with Gasteiger partial charge in [0.1, 0.15) is 0 Å². The fraction of sp³-hybridized carbons (Fsp3) is 0.125. The number of halogens is 2. The number of hydrogen-bond acceptors (Lipinski definition) is 3. The van der Waals surface area contributed by atoms with Crippen LogP contribution in [-0.2, 0) is 6.54 Å². The standard InChI is InChI=1S/C8H8ClN3.BrH/c9-6-2-1-3-7-5(6)4-11-8(10)12-7;/h1-3H,4H2,(H3,10,11,12);1H. The van der Waals surface area contributed by atoms with Gasteiger partial charge in [0.05, 0.1) is 6.54 Å². The quantitative estimate of drug-likeness (QED) is 0.753. The van der Waals surface area contributed by atoms with Crippen molar-refractivity contribution in [2.45, 2.75) is 6.54 Å². The van der Waals surface area contributed by atoms with E-state index in [0.29, 0.717) is 12.5 Å². The van der Waals surface area contributed by atoms with Crippen LogP contribution < -0.4 is 11.1 Å². The minimum atomic E-state index is 0. The van der Waals surface area contributed by atoms with Gasteiger partial charge >= 0.3 is 0 Å². The summed E-state index contributed by atoms with van der Waals surface area (Å²) in [6.45, 7) is 0.563. The van der Waals surface area contributed by atoms with Gasteiger partial charge in [-0.3, -0.25) is 0 Å². The number of anilines is 1. The second kappa shape index (κ2) is 3.98. The molecule has 0 saturated heterocycles. The zero-order valence-corrected chi connectivity index (χ0v) is 9.22. The van der Waals surface area contributed by atoms with Crippen molar-refractivity contribution in [1.29, 1.82) is 0 Å². The van der Waals surface area contributed by atoms with Crippen LogP contribution in [0.15, 0.2) is 23.2 Å². The van der Waals surface area contributed by atoms with Gasteiger partial charge in [0.25, 0.3) is 0 Å². The molecule has 0 saturated carbocycles. The van der Waals surface area contributed by atoms with Gasteiger partial charge in [-0.15, -0.1) is 17.0 Å². The first-order valence-corrected chi connectivity index (χ1v) is 3.99. The topological polar surface area (TPSA) is 50.4 Å². The van der Waals surface area contributed by atoms with Crippen molar-refractivity contribution in [3.8, 4) is 0 Å². The molecular formula is C8H9BrClN3. The van der Waals surface area contributed by atoms with E-state index in [0.717, 1.165) is 16.3 Å². The highest BCUT2D eigenvalue weighted by Gasteiger charge is 2.11. The number of rotatable bonds is 0. The van der Waals surface area contributed by atoms with E-state index in [9.17, 15) is 0 Å². The minimum absolute atomic E-state index is 0. The summed E-state index contributed by atoms with van der Waals surface area (Å²) in [6.07, 6.45) is 0. The molecule has 0 bridgehead atoms. The first kappa shape index (κ1) is 10.3. The Morgan fingerprint density at radius 3 is 3.00 bits per heavy atom. The van der Waals surface area contributed by atoms with Crippen LogP contribution in [0.5, 0.6) is 0 Å². The van der Waals surface area contributed by atoms with Gasteiger partial charge in [-0.25, -0.2) is 4.99 Å². The number of benzene rings is 1. The summed E-state index contributed by atoms with van der Waals surface area (Å²) < 4.78 is 0. The fourth-order valence-electron chi connectivity index (χ4n) is 1.18. The Labute approximate surface area is 91.8 Å². The zero-order valence-electron chi connectivity index (χ0n) is 6.75. The lowest BCUT2D eigenvalue weighted by atomic mass is 10.1. The van der Waals surface area contributed by atoms with E-state index in [1.54, 1.807) is 0 Å². The molecular weight excluding hydrogens is 253 g/mol. The minimum Gasteiger partial charge on any atom is -0.370 e. The van der Waals surface area contributed by atoms with Crippen LogP contribution in [0.4, 0.5) is 5.69 Å². The lowest BCUT2D eigenvalue weighted by Gasteiger charge is -2.16. The van der Waals surface area contributed by atoms with Crippen LogP contribution in [0.25, 0.3) is 0 Å². The van der Waals surface area contributed by atoms with Gasteiger partial charge in [-0.05, 0) is 12.1 Å². The number of nitrogens with zero attached hydrogens (tertiary/aromatic N) is 1. The average molecular weight is 263 g/mol. The zero-order chi connectivity index (χ0) is 8.55. The van der Waals surface area contributed by atoms with Gasteiger partial charge in [-0.1, -0.05) is 17.7 Å². The Morgan fingerprint density at radius 2 is 2.23 bits per heavy atom. The van der Waals surface area contributed by atoms with Crippen molar-refractivity contribution >= 4 is 40.2 Å². The molecule has 0 aromatic heterocycles. The first-order valence-electron chi connectivity index (χ1n) is 3.62. The first-order chi connectivity index (χ1) is 5.77. The molecule has 1 aliphatic heterocycles. The molecule has 0 atom stereocenters. The Hall–Kier alpha value is -0.740. The maximum Gasteiger partial charge on any atom is 0.193 e. The molecule has 0 fully saturated rings. The molecule has 3 nitrogen and oxygen atoms in total. The SMILES string of the molecule is Br.NC1=NCc2c(Cl)cccc2N1. The van der Waals surface area contributed by atoms with Gasteiger partial charge in [0.2, 0.25) is 0 Å². The predicted molar refractivity (Wildman–Crippen MR) is 60.7 cm³/mol. The van der Waals surface area contributed by atoms with Gasteiger partial charge in [0, 0.05) is 16.3 Å². The fourth-order valence-corrected chi connectivity index (χ4v) is 1.41. The normalized spacial score (nSPS) is 13.5. The maximum absolute atomic E-state index is 5.94. The molecule has 0 amide bonds. The van der Waals surface area contributed by atoms with Crippen molar-refractivity contribution in [3.63, 3.8) is 0 Å². The van der Waals surface area contributed by atoms with Crippen LogP contribution in [0, 0.1) is 0 Å². The van der Waals surface area contributed by atoms with E-state index in [1.165, 1.54) is 0 Å². The van der Waals surface area contributed by atoms with Crippen LogP contribution in [0.3, 0.4) is 0 Å². The van der Waals surface area contributed by atoms with Crippen LogP contribution in [0.1, 0.15) is 5.56 Å². The molecule has 70 valence electrons. The lowest BCUT2D eigenvalue weighted by Crippen LogP contribution is -2.26. The number of guanidine groups is 1. The van der Waals surface area contributed by atoms with Crippen molar-refractivity contribution in [3.05, 3.63) is 28.8 Å². The van der Waals surface area contributed by atoms with Crippen LogP contribution >= 0.6 is 28.6 Å². The molecule has 0 radical (unpaired) electrons. The number of aliphatic imine (C=N–C) groups is 1. The summed E-state index contributed by atoms with van der Waals surface area (Å²) in [5.41, 5.74) is 7.46. The van der Waals surface area contributed by atoms with E-state index >= 15 is 0 Å². The van der Waals surface area contributed by atoms with Crippen molar-refractivity contribution in [2.24, 2.45) is 10.7 Å². The number of hydrogen-bond donors (Lipinski definition) is 2. The maximum atomic E-state index is 5.94. The van der Waals surface area contributed by atoms with E-state index < -0.39 is 0 Å². The number of nitrogens with one attached hydrogen (secondary N) is 1. The smallest absolute Gasteiger partial charge is 0.193 e. The average Bonchev–Trinajstić information content (AvgIpc) is 2.04. The second-order valence-corrected chi connectivity index (χ2v) is 3.00. The van der Waals surface area contributed by atoms with E-state index in [2.05, 4.69) is 10.3 Å². The molecule has 1 heterocycles. The molecule has 0 aliphatic carbocycles. The van der Waals surface area contributed by atoms with Crippen molar-refractivity contribution in [1.82, 2.24) is 0 Å². The summed E-state index contributed by atoms with van der Waals surface area (Å²) in [7, 11) is 0. The Morgan fingerprint density at radius 1 is 1.46 bits per heavy atom. The second-order valence-electron chi connectivity index (χ2n) is 2.59. The largest absolute Gasteiger partial charge is 0.370 e. The molecule has 2 rings (SSSR count). The summed E-state index contributed by atoms with van der Waals surface area (Å²) in [4.78, 5) is 4.03. The monoisotopic (exact) mass is 261 g/mol. The Bertz CT molecular complexity index is 351. The van der Waals surface area contributed by atoms with Gasteiger partial charge in [-0.2, -0.15) is 0 Å². The Kier molecular flexibility index (Phi) is 3.17. The van der Waals surface area contributed by atoms with E-state index in [4.69, 9.17) is 17.3 Å². The predicted octanol–water partition coefficient (Wildman–Crippen LogP) is 2.16. The highest BCUT2D eigenvalue weighted by molar-refractivity contribution is 8.93. The molecule has 0 unspecified atom stereocenters. The van der Waals surface area contributed by atoms with Gasteiger partial charge in [0.15, 0.2) is 5.96 Å². The molecule has 1 aromatic carbocycles. The molecule has 3 N–H and O–H groups in total. The van der Waals surface area contributed by atoms with Crippen LogP contribution in [0.2, 0.25) is 5.02 Å². The third kappa shape index (κ3) is 1.95. The third-order valence-electron chi connectivity index (χ3n) is 1.79. The van der Waals surface area contributed by atoms with Crippen molar-refractivity contribution < 1.29 is 0 Å². The molecule has 13 heavy (non-hydrogen) atoms. The highest BCUT2D eigenvalue weighted by Crippen LogP contribution is 2.26. The van der Waals surface area contributed by atoms with E-state index in [1.807, 2.05) is 18.2 Å². The van der Waals surface area contributed by atoms with Crippen LogP contribution in [-0.4, -0.2) is 5.96 Å².